The van der Waals surface area contributed by atoms with Gasteiger partial charge < -0.3 is 10.1 Å². The summed E-state index contributed by atoms with van der Waals surface area (Å²) in [5.41, 5.74) is 1.08. The first-order valence-electron chi connectivity index (χ1n) is 6.09. The minimum atomic E-state index is -2.88. The summed E-state index contributed by atoms with van der Waals surface area (Å²) in [6.45, 7) is -2.88. The van der Waals surface area contributed by atoms with Crippen LogP contribution in [0.15, 0.2) is 53.4 Å². The second-order valence-electron chi connectivity index (χ2n) is 4.06. The van der Waals surface area contributed by atoms with Crippen molar-refractivity contribution in [3.05, 3.63) is 54.1 Å². The molecule has 1 N–H and O–H groups in total. The van der Waals surface area contributed by atoms with E-state index in [1.807, 2.05) is 24.5 Å². The third kappa shape index (κ3) is 4.19. The van der Waals surface area contributed by atoms with Gasteiger partial charge >= 0.3 is 6.61 Å². The number of para-hydroxylation sites is 1. The first-order chi connectivity index (χ1) is 10.1. The zero-order valence-corrected chi connectivity index (χ0v) is 12.0. The van der Waals surface area contributed by atoms with E-state index in [9.17, 15) is 13.6 Å². The number of hydrogen-bond donors (Lipinski definition) is 1. The molecule has 110 valence electrons. The van der Waals surface area contributed by atoms with E-state index in [0.717, 1.165) is 4.90 Å². The van der Waals surface area contributed by atoms with Gasteiger partial charge in [-0.1, -0.05) is 12.1 Å². The average Bonchev–Trinajstić information content (AvgIpc) is 2.48. The molecular weight excluding hydrogens is 296 g/mol. The Bertz CT molecular complexity index is 617. The third-order valence-electron chi connectivity index (χ3n) is 2.70. The molecule has 0 aromatic heterocycles. The van der Waals surface area contributed by atoms with Crippen molar-refractivity contribution < 1.29 is 18.3 Å². The van der Waals surface area contributed by atoms with Crippen LogP contribution in [-0.2, 0) is 0 Å². The number of ether oxygens (including phenoxy) is 1. The van der Waals surface area contributed by atoms with Gasteiger partial charge in [0.25, 0.3) is 5.91 Å². The molecule has 0 aliphatic carbocycles. The molecule has 0 heterocycles. The summed E-state index contributed by atoms with van der Waals surface area (Å²) >= 11 is 1.52. The maximum Gasteiger partial charge on any atom is 0.387 e. The summed E-state index contributed by atoms with van der Waals surface area (Å²) in [6, 6.07) is 13.0. The van der Waals surface area contributed by atoms with Crippen molar-refractivity contribution in [2.24, 2.45) is 0 Å². The van der Waals surface area contributed by atoms with E-state index in [-0.39, 0.29) is 11.7 Å². The highest BCUT2D eigenvalue weighted by Gasteiger charge is 2.10. The standard InChI is InChI=1S/C15H13F2NO2S/c1-21-13-5-3-2-4-12(13)18-14(19)10-6-8-11(9-7-10)20-15(16)17/h2-9,15H,1H3,(H,18,19). The Morgan fingerprint density at radius 1 is 1.14 bits per heavy atom. The van der Waals surface area contributed by atoms with Crippen molar-refractivity contribution in [2.45, 2.75) is 11.5 Å². The summed E-state index contributed by atoms with van der Waals surface area (Å²) in [7, 11) is 0. The van der Waals surface area contributed by atoms with Gasteiger partial charge in [-0.3, -0.25) is 4.79 Å². The third-order valence-corrected chi connectivity index (χ3v) is 3.49. The molecule has 0 spiro atoms. The minimum absolute atomic E-state index is 0.0195. The minimum Gasteiger partial charge on any atom is -0.435 e. The number of hydrogen-bond acceptors (Lipinski definition) is 3. The maximum absolute atomic E-state index is 12.1. The van der Waals surface area contributed by atoms with E-state index in [2.05, 4.69) is 10.1 Å². The SMILES string of the molecule is CSc1ccccc1NC(=O)c1ccc(OC(F)F)cc1. The van der Waals surface area contributed by atoms with Gasteiger partial charge in [0.15, 0.2) is 0 Å². The molecular formula is C15H13F2NO2S. The Kier molecular flexibility index (Phi) is 5.16. The number of amides is 1. The van der Waals surface area contributed by atoms with Crippen LogP contribution in [0.2, 0.25) is 0 Å². The van der Waals surface area contributed by atoms with E-state index in [4.69, 9.17) is 0 Å². The largest absolute Gasteiger partial charge is 0.435 e. The lowest BCUT2D eigenvalue weighted by atomic mass is 10.2. The van der Waals surface area contributed by atoms with E-state index in [0.29, 0.717) is 11.3 Å². The number of alkyl halides is 2. The number of benzene rings is 2. The number of carbonyl (C=O) groups is 1. The molecule has 6 heteroatoms. The number of rotatable bonds is 5. The fourth-order valence-electron chi connectivity index (χ4n) is 1.73. The monoisotopic (exact) mass is 309 g/mol. The van der Waals surface area contributed by atoms with E-state index >= 15 is 0 Å². The molecule has 2 aromatic carbocycles. The first-order valence-corrected chi connectivity index (χ1v) is 7.32. The number of thioether (sulfide) groups is 1. The lowest BCUT2D eigenvalue weighted by molar-refractivity contribution is -0.0498. The van der Waals surface area contributed by atoms with Crippen LogP contribution in [0, 0.1) is 0 Å². The molecule has 0 fully saturated rings. The topological polar surface area (TPSA) is 38.3 Å². The molecule has 0 saturated heterocycles. The van der Waals surface area contributed by atoms with Crippen LogP contribution in [0.4, 0.5) is 14.5 Å². The zero-order chi connectivity index (χ0) is 15.2. The zero-order valence-electron chi connectivity index (χ0n) is 11.2. The van der Waals surface area contributed by atoms with Crippen LogP contribution >= 0.6 is 11.8 Å². The van der Waals surface area contributed by atoms with Crippen LogP contribution in [0.5, 0.6) is 5.75 Å². The molecule has 3 nitrogen and oxygen atoms in total. The Hall–Kier alpha value is -2.08. The Labute approximate surface area is 125 Å². The summed E-state index contributed by atoms with van der Waals surface area (Å²) < 4.78 is 28.3. The van der Waals surface area contributed by atoms with Crippen molar-refractivity contribution in [2.75, 3.05) is 11.6 Å². The maximum atomic E-state index is 12.1. The van der Waals surface area contributed by atoms with E-state index in [1.54, 1.807) is 6.07 Å². The van der Waals surface area contributed by atoms with Crippen molar-refractivity contribution >= 4 is 23.4 Å². The molecule has 2 rings (SSSR count). The van der Waals surface area contributed by atoms with Gasteiger partial charge in [0, 0.05) is 10.5 Å². The lowest BCUT2D eigenvalue weighted by Gasteiger charge is -2.10. The molecule has 0 unspecified atom stereocenters. The Morgan fingerprint density at radius 2 is 1.81 bits per heavy atom. The fraction of sp³-hybridized carbons (Fsp3) is 0.133. The number of carbonyl (C=O) groups excluding carboxylic acids is 1. The van der Waals surface area contributed by atoms with Gasteiger partial charge in [-0.05, 0) is 42.7 Å². The van der Waals surface area contributed by atoms with Crippen LogP contribution in [0.25, 0.3) is 0 Å². The summed E-state index contributed by atoms with van der Waals surface area (Å²) in [5.74, 6) is -0.286. The van der Waals surface area contributed by atoms with Crippen molar-refractivity contribution in [1.29, 1.82) is 0 Å². The van der Waals surface area contributed by atoms with Gasteiger partial charge in [-0.15, -0.1) is 11.8 Å². The van der Waals surface area contributed by atoms with Gasteiger partial charge in [0.1, 0.15) is 5.75 Å². The molecule has 1 amide bonds. The summed E-state index contributed by atoms with van der Waals surface area (Å²) in [4.78, 5) is 13.1. The van der Waals surface area contributed by atoms with Gasteiger partial charge in [-0.2, -0.15) is 8.78 Å². The highest BCUT2D eigenvalue weighted by molar-refractivity contribution is 7.98. The average molecular weight is 309 g/mol. The van der Waals surface area contributed by atoms with Gasteiger partial charge in [-0.25, -0.2) is 0 Å². The van der Waals surface area contributed by atoms with Gasteiger partial charge in [0.2, 0.25) is 0 Å². The lowest BCUT2D eigenvalue weighted by Crippen LogP contribution is -2.12. The predicted molar refractivity (Wildman–Crippen MR) is 79.3 cm³/mol. The molecule has 0 radical (unpaired) electrons. The van der Waals surface area contributed by atoms with Crippen LogP contribution in [0.1, 0.15) is 10.4 Å². The van der Waals surface area contributed by atoms with Crippen LogP contribution < -0.4 is 10.1 Å². The molecule has 21 heavy (non-hydrogen) atoms. The van der Waals surface area contributed by atoms with Crippen molar-refractivity contribution in [1.82, 2.24) is 0 Å². The molecule has 0 atom stereocenters. The van der Waals surface area contributed by atoms with Crippen molar-refractivity contribution in [3.8, 4) is 5.75 Å². The smallest absolute Gasteiger partial charge is 0.387 e. The summed E-state index contributed by atoms with van der Waals surface area (Å²) in [6.07, 6.45) is 1.92. The molecule has 0 aliphatic rings. The van der Waals surface area contributed by atoms with Crippen molar-refractivity contribution in [3.63, 3.8) is 0 Å². The molecule has 0 saturated carbocycles. The molecule has 0 bridgehead atoms. The van der Waals surface area contributed by atoms with E-state index in [1.165, 1.54) is 36.0 Å². The first kappa shape index (κ1) is 15.3. The number of anilines is 1. The normalized spacial score (nSPS) is 10.5. The second-order valence-corrected chi connectivity index (χ2v) is 4.91. The number of halogens is 2. The van der Waals surface area contributed by atoms with Crippen LogP contribution in [-0.4, -0.2) is 18.8 Å². The Balaban J connectivity index is 2.09. The van der Waals surface area contributed by atoms with E-state index < -0.39 is 6.61 Å². The fourth-order valence-corrected chi connectivity index (χ4v) is 2.28. The highest BCUT2D eigenvalue weighted by Crippen LogP contribution is 2.25. The van der Waals surface area contributed by atoms with Crippen LogP contribution in [0.3, 0.4) is 0 Å². The summed E-state index contributed by atoms with van der Waals surface area (Å²) in [5, 5.41) is 2.79. The predicted octanol–water partition coefficient (Wildman–Crippen LogP) is 4.26. The Morgan fingerprint density at radius 3 is 2.43 bits per heavy atom. The molecule has 0 aliphatic heterocycles. The highest BCUT2D eigenvalue weighted by atomic mass is 32.2. The molecule has 2 aromatic rings. The van der Waals surface area contributed by atoms with Gasteiger partial charge in [0.05, 0.1) is 5.69 Å². The quantitative estimate of drug-likeness (QED) is 0.839. The number of nitrogens with one attached hydrogen (secondary N) is 1. The second kappa shape index (κ2) is 7.08.